The summed E-state index contributed by atoms with van der Waals surface area (Å²) in [5.41, 5.74) is -0.237. The molecule has 127 heavy (non-hydrogen) atoms. The second-order valence-electron chi connectivity index (χ2n) is 33.1. The number of amides is 10. The smallest absolute Gasteiger partial charge is 0.306 e. The van der Waals surface area contributed by atoms with E-state index in [1.807, 2.05) is 60.5 Å². The molecule has 0 radical (unpaired) electrons. The normalized spacial score (nSPS) is 16.9. The Balaban J connectivity index is 1.12. The molecule has 0 spiro atoms. The molecule has 0 saturated carbocycles. The molecule has 1 aromatic heterocycles. The van der Waals surface area contributed by atoms with Gasteiger partial charge in [-0.1, -0.05) is 47.1 Å². The number of nitrogens with zero attached hydrogens (tertiary/aromatic N) is 6. The average molecular weight is 1850 g/mol. The molecule has 3 saturated heterocycles. The fourth-order valence-electron chi connectivity index (χ4n) is 14.2. The highest BCUT2D eigenvalue weighted by Crippen LogP contribution is 2.37. The summed E-state index contributed by atoms with van der Waals surface area (Å²) in [6.45, 7) is 21.3. The maximum absolute atomic E-state index is 14.6. The average Bonchev–Trinajstić information content (AvgIpc) is 1.80. The second-order valence-corrected chi connectivity index (χ2v) is 36.7. The number of phenolic OH excluding ortho intramolecular Hbond substituents is 1. The lowest BCUT2D eigenvalue weighted by Gasteiger charge is -2.38. The van der Waals surface area contributed by atoms with Crippen molar-refractivity contribution >= 4 is 123 Å². The lowest BCUT2D eigenvalue weighted by Crippen LogP contribution is -2.50. The molecule has 4 bridgehead atoms. The first-order valence-corrected chi connectivity index (χ1v) is 47.2. The van der Waals surface area contributed by atoms with Crippen molar-refractivity contribution in [3.8, 4) is 5.75 Å². The predicted octanol–water partition coefficient (Wildman–Crippen LogP) is 6.13. The number of nitrogens with one attached hydrogen (secondary N) is 4. The van der Waals surface area contributed by atoms with Crippen LogP contribution in [0.4, 0.5) is 5.69 Å². The quantitative estimate of drug-likeness (QED) is 0.0246. The molecule has 1 aromatic carbocycles. The first kappa shape index (κ1) is 110. The van der Waals surface area contributed by atoms with Crippen LogP contribution in [0.1, 0.15) is 185 Å². The Labute approximate surface area is 759 Å². The number of thiazole rings is 1. The maximum Gasteiger partial charge on any atom is 0.306 e. The Bertz CT molecular complexity index is 3750. The van der Waals surface area contributed by atoms with Crippen molar-refractivity contribution in [2.24, 2.45) is 23.7 Å². The number of hydrogen-bond donors (Lipinski definition) is 6. The molecule has 36 nitrogen and oxygen atoms in total. The molecule has 3 fully saturated rings. The molecular formula is C88H140N10O26S3. The summed E-state index contributed by atoms with van der Waals surface area (Å²) in [6.07, 6.45) is 1.33. The maximum atomic E-state index is 14.6. The zero-order chi connectivity index (χ0) is 93.4. The van der Waals surface area contributed by atoms with Crippen molar-refractivity contribution in [1.82, 2.24) is 45.4 Å². The van der Waals surface area contributed by atoms with E-state index in [-0.39, 0.29) is 194 Å². The van der Waals surface area contributed by atoms with Crippen molar-refractivity contribution in [1.29, 1.82) is 0 Å². The number of hydrogen-bond acceptors (Lipinski definition) is 30. The van der Waals surface area contributed by atoms with Gasteiger partial charge in [-0.15, -0.1) is 34.9 Å². The van der Waals surface area contributed by atoms with E-state index in [1.54, 1.807) is 30.5 Å². The van der Waals surface area contributed by atoms with Gasteiger partial charge >= 0.3 is 5.97 Å². The van der Waals surface area contributed by atoms with Crippen LogP contribution >= 0.6 is 34.9 Å². The minimum atomic E-state index is -1.11. The van der Waals surface area contributed by atoms with Crippen molar-refractivity contribution in [3.05, 3.63) is 39.8 Å². The summed E-state index contributed by atoms with van der Waals surface area (Å²) < 4.78 is 54.3. The fourth-order valence-corrected chi connectivity index (χ4v) is 17.8. The Morgan fingerprint density at radius 2 is 1.16 bits per heavy atom. The third-order valence-corrected chi connectivity index (χ3v) is 26.2. The highest BCUT2D eigenvalue weighted by Gasteiger charge is 2.44. The fraction of sp³-hybridized carbons (Fsp3) is 0.739. The van der Waals surface area contributed by atoms with Crippen LogP contribution in [0, 0.1) is 23.7 Å². The van der Waals surface area contributed by atoms with Crippen LogP contribution in [0.25, 0.3) is 0 Å². The van der Waals surface area contributed by atoms with Gasteiger partial charge in [0.1, 0.15) is 23.8 Å². The number of ether oxygens (including phenoxy) is 10. The number of Topliss-reactive ketones (excluding diaryl/α,β-unsaturated/α-hetero) is 3. The van der Waals surface area contributed by atoms with Gasteiger partial charge < -0.3 is 93.4 Å². The number of aliphatic carboxylic acids is 1. The van der Waals surface area contributed by atoms with Gasteiger partial charge in [0.05, 0.1) is 158 Å². The number of unbranched alkanes of at least 4 members (excludes halogenated alkanes) is 2. The van der Waals surface area contributed by atoms with Crippen molar-refractivity contribution in [3.63, 3.8) is 0 Å². The van der Waals surface area contributed by atoms with Crippen molar-refractivity contribution in [2.45, 2.75) is 205 Å². The number of imide groups is 2. The van der Waals surface area contributed by atoms with E-state index in [1.165, 1.54) is 65.7 Å². The molecule has 3 aliphatic heterocycles. The summed E-state index contributed by atoms with van der Waals surface area (Å²) in [6, 6.07) is 2.18. The van der Waals surface area contributed by atoms with Crippen LogP contribution in [-0.4, -0.2) is 348 Å². The highest BCUT2D eigenvalue weighted by atomic mass is 32.2. The number of phenols is 1. The molecule has 9 atom stereocenters. The minimum absolute atomic E-state index is 0.0239. The van der Waals surface area contributed by atoms with Crippen LogP contribution < -0.4 is 21.3 Å². The zero-order valence-corrected chi connectivity index (χ0v) is 78.8. The number of anilines is 1. The van der Waals surface area contributed by atoms with E-state index >= 15 is 0 Å². The predicted molar refractivity (Wildman–Crippen MR) is 477 cm³/mol. The zero-order valence-electron chi connectivity index (χ0n) is 76.4. The van der Waals surface area contributed by atoms with Crippen LogP contribution in [0.15, 0.2) is 23.6 Å². The number of fused-ring (bicyclic) bond motifs is 4. The lowest BCUT2D eigenvalue weighted by atomic mass is 9.81. The SMILES string of the molecule is CC[C@H](C)[C@H](CC(=O)C(C)(C)N(C)C)C(=O)N(C)[C@H](C[C@@H](CC(C)=O)c1nc(C(=O)N[C@@H](Cc2ccc(O)c(NC(=O)CCCCC(=O)C(CCCCNC(=O)COCCOCCOCCOCCOCCOCCOCCOCCOCCOC)NC(=O)CCC(=O)N3CCN4C(=O)CC(SCSC5CC(=O)N(CC3)C5=O)C4=O)c2)CC(C)C(=O)O)cs1)C(C)C. The van der Waals surface area contributed by atoms with Crippen LogP contribution in [0.5, 0.6) is 5.75 Å². The summed E-state index contributed by atoms with van der Waals surface area (Å²) in [5, 5.41) is 33.3. The van der Waals surface area contributed by atoms with E-state index in [9.17, 15) is 77.3 Å². The van der Waals surface area contributed by atoms with Crippen LogP contribution in [0.3, 0.4) is 0 Å². The number of rotatable bonds is 66. The standard InChI is InChI=1S/C88H140N10O26S3/c1-13-60(4)66(53-75(102)88(7,8)94(9)10)84(110)95(11)70(59(2)3)52-64(49-62(6)99)83-93-69(57-125-83)82(109)90-65(48-61(5)87(113)114)50-63-21-22-72(101)68(51-63)92-76(103)20-15-14-19-71(100)67(91-77(104)23-24-79(106)96-26-28-97-80(107)54-73(85(97)111)126-58-127-74-55-81(108)98(29-27-96)86(74)112)18-16-17-25-89-78(105)56-124-47-46-123-45-44-122-43-42-121-41-40-120-39-38-119-37-36-118-35-34-117-33-32-116-31-30-115-12/h21-22,51,57,59-61,64-67,70,73-74,101H,13-20,23-50,52-56,58H2,1-12H3,(H,89,105)(H,90,109)(H,91,104)(H,92,103)(H,113,114)/t60-,61?,64+,65+,66-,67?,70+,73?,74?/m0/s1. The Kier molecular flexibility index (Phi) is 52.4. The van der Waals surface area contributed by atoms with Gasteiger partial charge in [-0.2, -0.15) is 0 Å². The molecule has 5 rings (SSSR count). The monoisotopic (exact) mass is 1850 g/mol. The summed E-state index contributed by atoms with van der Waals surface area (Å²) in [4.78, 5) is 201. The number of carboxylic acids is 1. The number of aromatic hydroxyl groups is 1. The summed E-state index contributed by atoms with van der Waals surface area (Å²) in [5.74, 6) is -8.67. The molecule has 6 N–H and O–H groups in total. The molecule has 3 aliphatic rings. The Hall–Kier alpha value is -7.51. The molecule has 4 unspecified atom stereocenters. The molecule has 0 aliphatic carbocycles. The largest absolute Gasteiger partial charge is 0.506 e. The number of thioether (sulfide) groups is 2. The number of carboxylic acid groups (broad SMARTS) is 1. The third kappa shape index (κ3) is 40.8. The van der Waals surface area contributed by atoms with Crippen LogP contribution in [0.2, 0.25) is 0 Å². The highest BCUT2D eigenvalue weighted by molar-refractivity contribution is 8.17. The third-order valence-electron chi connectivity index (χ3n) is 22.6. The number of likely N-dealkylation sites (N-methyl/N-ethyl adjacent to an activating group) is 1. The molecule has 10 amide bonds. The van der Waals surface area contributed by atoms with Crippen LogP contribution in [-0.2, 0) is 116 Å². The summed E-state index contributed by atoms with van der Waals surface area (Å²) in [7, 11) is 7.01. The summed E-state index contributed by atoms with van der Waals surface area (Å²) >= 11 is 3.64. The number of carbonyl (C=O) groups is 14. The Morgan fingerprint density at radius 3 is 1.66 bits per heavy atom. The number of aromatic nitrogens is 1. The number of methoxy groups -OCH3 is 1. The van der Waals surface area contributed by atoms with Gasteiger partial charge in [0, 0.05) is 133 Å². The number of carbonyl (C=O) groups excluding carboxylic acids is 13. The van der Waals surface area contributed by atoms with E-state index in [0.29, 0.717) is 147 Å². The second kappa shape index (κ2) is 60.5. The lowest BCUT2D eigenvalue weighted by molar-refractivity contribution is -0.143. The van der Waals surface area contributed by atoms with E-state index in [2.05, 4.69) is 21.3 Å². The van der Waals surface area contributed by atoms with Gasteiger partial charge in [-0.3, -0.25) is 77.0 Å². The first-order chi connectivity index (χ1) is 60.7. The number of benzene rings is 1. The van der Waals surface area contributed by atoms with Crippen molar-refractivity contribution < 1.29 is 125 Å². The number of ketones is 3. The molecule has 716 valence electrons. The molecule has 2 aromatic rings. The van der Waals surface area contributed by atoms with Gasteiger partial charge in [-0.05, 0) is 116 Å². The van der Waals surface area contributed by atoms with Crippen molar-refractivity contribution in [2.75, 3.05) is 197 Å². The van der Waals surface area contributed by atoms with Gasteiger partial charge in [0.2, 0.25) is 53.2 Å². The van der Waals surface area contributed by atoms with Gasteiger partial charge in [0.15, 0.2) is 11.6 Å². The Morgan fingerprint density at radius 1 is 0.630 bits per heavy atom. The minimum Gasteiger partial charge on any atom is -0.506 e. The topological polar surface area (TPSA) is 449 Å². The first-order valence-electron chi connectivity index (χ1n) is 44.2. The van der Waals surface area contributed by atoms with E-state index < -0.39 is 105 Å². The molecule has 39 heteroatoms. The molecular weight excluding hydrogens is 1710 g/mol. The van der Waals surface area contributed by atoms with Gasteiger partial charge in [0.25, 0.3) is 5.91 Å². The molecule has 4 heterocycles. The van der Waals surface area contributed by atoms with E-state index in [0.717, 1.165) is 9.80 Å². The van der Waals surface area contributed by atoms with E-state index in [4.69, 9.17) is 52.4 Å². The van der Waals surface area contributed by atoms with Gasteiger partial charge in [-0.25, -0.2) is 4.98 Å².